The van der Waals surface area contributed by atoms with E-state index in [-0.39, 0.29) is 0 Å². The van der Waals surface area contributed by atoms with Crippen LogP contribution in [0.4, 0.5) is 5.69 Å². The third kappa shape index (κ3) is 2.80. The predicted molar refractivity (Wildman–Crippen MR) is 73.1 cm³/mol. The summed E-state index contributed by atoms with van der Waals surface area (Å²) in [5.74, 6) is 0.932. The molecule has 0 amide bonds. The van der Waals surface area contributed by atoms with Gasteiger partial charge in [0.15, 0.2) is 18.9 Å². The van der Waals surface area contributed by atoms with E-state index in [9.17, 15) is 0 Å². The summed E-state index contributed by atoms with van der Waals surface area (Å²) in [6, 6.07) is 12.3. The lowest BCUT2D eigenvalue weighted by atomic mass is 10.2. The molecule has 0 aliphatic rings. The Bertz CT molecular complexity index is 506. The third-order valence-corrected chi connectivity index (χ3v) is 2.94. The van der Waals surface area contributed by atoms with E-state index >= 15 is 0 Å². The van der Waals surface area contributed by atoms with Gasteiger partial charge in [-0.2, -0.15) is 0 Å². The quantitative estimate of drug-likeness (QED) is 0.765. The molecule has 0 aliphatic carbocycles. The molecule has 1 heterocycles. The van der Waals surface area contributed by atoms with Gasteiger partial charge in [-0.05, 0) is 12.1 Å². The predicted octanol–water partition coefficient (Wildman–Crippen LogP) is 2.10. The van der Waals surface area contributed by atoms with Gasteiger partial charge < -0.3 is 9.64 Å². The molecule has 0 radical (unpaired) electrons. The Labute approximate surface area is 108 Å². The van der Waals surface area contributed by atoms with Crippen LogP contribution in [-0.4, -0.2) is 21.2 Å². The zero-order valence-corrected chi connectivity index (χ0v) is 11.1. The van der Waals surface area contributed by atoms with Crippen molar-refractivity contribution in [2.45, 2.75) is 6.54 Å². The molecule has 3 heteroatoms. The summed E-state index contributed by atoms with van der Waals surface area (Å²) in [5, 5.41) is 0. The molecule has 3 nitrogen and oxygen atoms in total. The fourth-order valence-corrected chi connectivity index (χ4v) is 1.88. The molecule has 0 saturated heterocycles. The van der Waals surface area contributed by atoms with Crippen molar-refractivity contribution in [2.24, 2.45) is 0 Å². The first-order valence-corrected chi connectivity index (χ1v) is 5.99. The second kappa shape index (κ2) is 5.54. The molecule has 1 aromatic carbocycles. The first kappa shape index (κ1) is 12.4. The summed E-state index contributed by atoms with van der Waals surface area (Å²) >= 11 is 0. The normalized spacial score (nSPS) is 10.2. The van der Waals surface area contributed by atoms with E-state index in [0.717, 1.165) is 12.3 Å². The highest BCUT2D eigenvalue weighted by Gasteiger charge is 2.08. The van der Waals surface area contributed by atoms with E-state index in [1.807, 2.05) is 32.3 Å². The smallest absolute Gasteiger partial charge is 0.177 e. The lowest BCUT2D eigenvalue weighted by Gasteiger charge is -2.10. The maximum Gasteiger partial charge on any atom is 0.177 e. The molecular weight excluding hydrogens is 224 g/mol. The first-order valence-electron chi connectivity index (χ1n) is 5.99. The summed E-state index contributed by atoms with van der Waals surface area (Å²) in [5.41, 5.74) is 2.38. The number of pyridine rings is 1. The summed E-state index contributed by atoms with van der Waals surface area (Å²) in [6.07, 6.45) is 4.17. The highest BCUT2D eigenvalue weighted by Crippen LogP contribution is 2.16. The molecule has 1 aromatic heterocycles. The van der Waals surface area contributed by atoms with Crippen LogP contribution in [0.25, 0.3) is 0 Å². The molecule has 0 N–H and O–H groups in total. The van der Waals surface area contributed by atoms with Gasteiger partial charge in [0.1, 0.15) is 5.75 Å². The minimum Gasteiger partial charge on any atom is -0.496 e. The standard InChI is InChI=1S/C15H19N2O/c1-16(2)14-8-10-17(11-9-14)12-13-6-4-5-7-15(13)18-3/h4-11H,12H2,1-3H3/q+1. The van der Waals surface area contributed by atoms with Crippen molar-refractivity contribution in [1.82, 2.24) is 0 Å². The van der Waals surface area contributed by atoms with E-state index in [1.165, 1.54) is 11.3 Å². The van der Waals surface area contributed by atoms with Crippen molar-refractivity contribution < 1.29 is 9.30 Å². The molecule has 2 rings (SSSR count). The summed E-state index contributed by atoms with van der Waals surface area (Å²) in [7, 11) is 5.79. The highest BCUT2D eigenvalue weighted by molar-refractivity contribution is 5.41. The zero-order valence-electron chi connectivity index (χ0n) is 11.1. The van der Waals surface area contributed by atoms with Crippen LogP contribution in [0.1, 0.15) is 5.56 Å². The second-order valence-corrected chi connectivity index (χ2v) is 4.43. The lowest BCUT2D eigenvalue weighted by molar-refractivity contribution is -0.688. The SMILES string of the molecule is COc1ccccc1C[n+]1ccc(N(C)C)cc1. The summed E-state index contributed by atoms with van der Waals surface area (Å²) in [6.45, 7) is 0.817. The molecular formula is C15H19N2O+. The zero-order chi connectivity index (χ0) is 13.0. The van der Waals surface area contributed by atoms with E-state index < -0.39 is 0 Å². The number of anilines is 1. The van der Waals surface area contributed by atoms with Crippen LogP contribution >= 0.6 is 0 Å². The van der Waals surface area contributed by atoms with Gasteiger partial charge in [0.2, 0.25) is 0 Å². The van der Waals surface area contributed by atoms with Gasteiger partial charge in [0.25, 0.3) is 0 Å². The minimum atomic E-state index is 0.817. The Morgan fingerprint density at radius 2 is 1.72 bits per heavy atom. The molecule has 0 aliphatic heterocycles. The number of benzene rings is 1. The summed E-state index contributed by atoms with van der Waals surface area (Å²) in [4.78, 5) is 2.09. The van der Waals surface area contributed by atoms with Crippen LogP contribution < -0.4 is 14.2 Å². The lowest BCUT2D eigenvalue weighted by Crippen LogP contribution is -2.33. The first-order chi connectivity index (χ1) is 8.70. The van der Waals surface area contributed by atoms with Crippen molar-refractivity contribution in [1.29, 1.82) is 0 Å². The number of hydrogen-bond acceptors (Lipinski definition) is 2. The van der Waals surface area contributed by atoms with Gasteiger partial charge >= 0.3 is 0 Å². The number of hydrogen-bond donors (Lipinski definition) is 0. The van der Waals surface area contributed by atoms with Crippen molar-refractivity contribution in [3.63, 3.8) is 0 Å². The van der Waals surface area contributed by atoms with Crippen LogP contribution in [0.15, 0.2) is 48.8 Å². The van der Waals surface area contributed by atoms with Crippen molar-refractivity contribution >= 4 is 5.69 Å². The molecule has 18 heavy (non-hydrogen) atoms. The average Bonchev–Trinajstić information content (AvgIpc) is 2.40. The molecule has 0 bridgehead atoms. The van der Waals surface area contributed by atoms with Crippen LogP contribution in [0.3, 0.4) is 0 Å². The van der Waals surface area contributed by atoms with E-state index in [0.29, 0.717) is 0 Å². The fourth-order valence-electron chi connectivity index (χ4n) is 1.88. The monoisotopic (exact) mass is 243 g/mol. The maximum absolute atomic E-state index is 5.36. The Morgan fingerprint density at radius 1 is 1.06 bits per heavy atom. The minimum absolute atomic E-state index is 0.817. The number of nitrogens with zero attached hydrogens (tertiary/aromatic N) is 2. The number of aromatic nitrogens is 1. The van der Waals surface area contributed by atoms with Gasteiger partial charge in [-0.1, -0.05) is 12.1 Å². The Balaban J connectivity index is 2.18. The summed E-state index contributed by atoms with van der Waals surface area (Å²) < 4.78 is 7.50. The Morgan fingerprint density at radius 3 is 2.33 bits per heavy atom. The number of para-hydroxylation sites is 1. The maximum atomic E-state index is 5.36. The molecule has 2 aromatic rings. The second-order valence-electron chi connectivity index (χ2n) is 4.43. The Hall–Kier alpha value is -2.03. The average molecular weight is 243 g/mol. The number of ether oxygens (including phenoxy) is 1. The van der Waals surface area contributed by atoms with Gasteiger partial charge in [-0.15, -0.1) is 0 Å². The van der Waals surface area contributed by atoms with Crippen molar-refractivity contribution in [2.75, 3.05) is 26.1 Å². The fraction of sp³-hybridized carbons (Fsp3) is 0.267. The van der Waals surface area contributed by atoms with Gasteiger partial charge in [0, 0.05) is 31.9 Å². The molecule has 0 unspecified atom stereocenters. The van der Waals surface area contributed by atoms with Gasteiger partial charge in [-0.3, -0.25) is 0 Å². The van der Waals surface area contributed by atoms with Crippen molar-refractivity contribution in [3.8, 4) is 5.75 Å². The molecule has 94 valence electrons. The molecule has 0 fully saturated rings. The van der Waals surface area contributed by atoms with E-state index in [2.05, 4.69) is 40.1 Å². The topological polar surface area (TPSA) is 16.4 Å². The van der Waals surface area contributed by atoms with E-state index in [1.54, 1.807) is 7.11 Å². The van der Waals surface area contributed by atoms with E-state index in [4.69, 9.17) is 4.74 Å². The number of methoxy groups -OCH3 is 1. The highest BCUT2D eigenvalue weighted by atomic mass is 16.5. The van der Waals surface area contributed by atoms with Crippen molar-refractivity contribution in [3.05, 3.63) is 54.4 Å². The largest absolute Gasteiger partial charge is 0.496 e. The molecule has 0 saturated carbocycles. The van der Waals surface area contributed by atoms with Crippen LogP contribution in [0, 0.1) is 0 Å². The van der Waals surface area contributed by atoms with Gasteiger partial charge in [0.05, 0.1) is 12.7 Å². The Kier molecular flexibility index (Phi) is 3.82. The van der Waals surface area contributed by atoms with Crippen LogP contribution in [0.5, 0.6) is 5.75 Å². The third-order valence-electron chi connectivity index (χ3n) is 2.94. The van der Waals surface area contributed by atoms with Crippen LogP contribution in [-0.2, 0) is 6.54 Å². The molecule has 0 atom stereocenters. The molecule has 0 spiro atoms. The van der Waals surface area contributed by atoms with Gasteiger partial charge in [-0.25, -0.2) is 4.57 Å². The van der Waals surface area contributed by atoms with Crippen LogP contribution in [0.2, 0.25) is 0 Å². The number of rotatable bonds is 4.